The van der Waals surface area contributed by atoms with Crippen molar-refractivity contribution in [3.63, 3.8) is 0 Å². The molecule has 2 heterocycles. The highest BCUT2D eigenvalue weighted by Gasteiger charge is 2.27. The highest BCUT2D eigenvalue weighted by Crippen LogP contribution is 2.37. The molecule has 9 heteroatoms. The van der Waals surface area contributed by atoms with Gasteiger partial charge in [-0.25, -0.2) is 9.78 Å². The number of imide groups is 1. The summed E-state index contributed by atoms with van der Waals surface area (Å²) < 4.78 is 1.83. The zero-order valence-corrected chi connectivity index (χ0v) is 18.2. The van der Waals surface area contributed by atoms with Gasteiger partial charge in [-0.3, -0.25) is 19.5 Å². The van der Waals surface area contributed by atoms with E-state index in [1.54, 1.807) is 18.3 Å². The second-order valence-corrected chi connectivity index (χ2v) is 9.62. The molecule has 0 aliphatic heterocycles. The maximum Gasteiger partial charge on any atom is 0.321 e. The molecule has 0 spiro atoms. The molecule has 2 aliphatic rings. The van der Waals surface area contributed by atoms with Crippen molar-refractivity contribution >= 4 is 45.3 Å². The van der Waals surface area contributed by atoms with Crippen LogP contribution in [0.4, 0.5) is 4.79 Å². The fourth-order valence-electron chi connectivity index (χ4n) is 4.28. The molecule has 2 aromatic heterocycles. The second kappa shape index (κ2) is 8.87. The Hall–Kier alpha value is -1.87. The summed E-state index contributed by atoms with van der Waals surface area (Å²) in [6.45, 7) is 2.24. The molecule has 1 fully saturated rings. The van der Waals surface area contributed by atoms with E-state index in [1.165, 1.54) is 22.2 Å². The first-order valence-corrected chi connectivity index (χ1v) is 12.2. The van der Waals surface area contributed by atoms with Crippen molar-refractivity contribution in [1.29, 1.82) is 0 Å². The van der Waals surface area contributed by atoms with Gasteiger partial charge in [0.05, 0.1) is 11.1 Å². The summed E-state index contributed by atoms with van der Waals surface area (Å²) in [6.07, 6.45) is 8.43. The van der Waals surface area contributed by atoms with Gasteiger partial charge in [0.1, 0.15) is 4.83 Å². The van der Waals surface area contributed by atoms with E-state index in [2.05, 4.69) is 10.6 Å². The van der Waals surface area contributed by atoms with Gasteiger partial charge in [-0.2, -0.15) is 0 Å². The van der Waals surface area contributed by atoms with Crippen LogP contribution >= 0.6 is 23.1 Å². The predicted octanol–water partition coefficient (Wildman–Crippen LogP) is 3.39. The summed E-state index contributed by atoms with van der Waals surface area (Å²) in [6, 6.07) is -0.354. The fraction of sp³-hybridized carbons (Fsp3) is 0.600. The van der Waals surface area contributed by atoms with Gasteiger partial charge in [-0.15, -0.1) is 11.3 Å². The second-order valence-electron chi connectivity index (χ2n) is 7.60. The largest absolute Gasteiger partial charge is 0.338 e. The summed E-state index contributed by atoms with van der Waals surface area (Å²) in [5.41, 5.74) is 1.25. The van der Waals surface area contributed by atoms with E-state index in [9.17, 15) is 14.4 Å². The van der Waals surface area contributed by atoms with E-state index >= 15 is 0 Å². The van der Waals surface area contributed by atoms with Gasteiger partial charge >= 0.3 is 6.03 Å². The number of fused-ring (bicyclic) bond motifs is 3. The molecule has 0 aromatic carbocycles. The number of nitrogens with one attached hydrogen (secondary N) is 2. The highest BCUT2D eigenvalue weighted by molar-refractivity contribution is 7.99. The summed E-state index contributed by atoms with van der Waals surface area (Å²) in [5.74, 6) is -0.342. The standard InChI is InChI=1S/C20H26N4O3S2/c1-2-21-19(27)22-15(25)11-28-20-23-17-16(13-9-5-6-10-14(13)29-17)18(26)24(20)12-7-3-4-8-12/h12H,2-11H2,1H3,(H2,21,22,25,27). The van der Waals surface area contributed by atoms with Crippen molar-refractivity contribution in [3.05, 3.63) is 20.8 Å². The molecule has 29 heavy (non-hydrogen) atoms. The summed E-state index contributed by atoms with van der Waals surface area (Å²) in [4.78, 5) is 44.2. The van der Waals surface area contributed by atoms with Crippen LogP contribution in [0.25, 0.3) is 10.2 Å². The van der Waals surface area contributed by atoms with Gasteiger partial charge in [0.2, 0.25) is 5.91 Å². The van der Waals surface area contributed by atoms with Gasteiger partial charge in [-0.1, -0.05) is 24.6 Å². The SMILES string of the molecule is CCNC(=O)NC(=O)CSc1nc2sc3c(c2c(=O)n1C1CCCC1)CCCC3. The molecular formula is C20H26N4O3S2. The number of thiophene rings is 1. The lowest BCUT2D eigenvalue weighted by Gasteiger charge is -2.18. The minimum absolute atomic E-state index is 0.0485. The van der Waals surface area contributed by atoms with E-state index in [0.717, 1.165) is 61.6 Å². The number of urea groups is 1. The molecule has 3 amide bonds. The summed E-state index contributed by atoms with van der Waals surface area (Å²) >= 11 is 2.87. The zero-order chi connectivity index (χ0) is 20.4. The Bertz CT molecular complexity index is 992. The molecular weight excluding hydrogens is 408 g/mol. The van der Waals surface area contributed by atoms with Gasteiger partial charge in [0, 0.05) is 17.5 Å². The van der Waals surface area contributed by atoms with Crippen LogP contribution < -0.4 is 16.2 Å². The van der Waals surface area contributed by atoms with Gasteiger partial charge in [-0.05, 0) is 51.0 Å². The number of carbonyl (C=O) groups excluding carboxylic acids is 2. The lowest BCUT2D eigenvalue weighted by atomic mass is 9.97. The molecule has 0 saturated heterocycles. The molecule has 2 aliphatic carbocycles. The molecule has 0 atom stereocenters. The molecule has 7 nitrogen and oxygen atoms in total. The Labute approximate surface area is 177 Å². The molecule has 1 saturated carbocycles. The molecule has 4 rings (SSSR count). The van der Waals surface area contributed by atoms with Crippen LogP contribution in [0.3, 0.4) is 0 Å². The average molecular weight is 435 g/mol. The zero-order valence-electron chi connectivity index (χ0n) is 16.6. The van der Waals surface area contributed by atoms with Crippen molar-refractivity contribution in [1.82, 2.24) is 20.2 Å². The first-order valence-electron chi connectivity index (χ1n) is 10.4. The van der Waals surface area contributed by atoms with Crippen molar-refractivity contribution in [2.24, 2.45) is 0 Å². The molecule has 2 aromatic rings. The normalized spacial score (nSPS) is 16.7. The maximum atomic E-state index is 13.5. The third-order valence-corrected chi connectivity index (χ3v) is 7.74. The van der Waals surface area contributed by atoms with Crippen LogP contribution in [0.15, 0.2) is 9.95 Å². The van der Waals surface area contributed by atoms with Crippen molar-refractivity contribution < 1.29 is 9.59 Å². The Morgan fingerprint density at radius 2 is 1.97 bits per heavy atom. The molecule has 156 valence electrons. The number of amides is 3. The smallest absolute Gasteiger partial charge is 0.321 e. The summed E-state index contributed by atoms with van der Waals surface area (Å²) in [7, 11) is 0. The van der Waals surface area contributed by atoms with Crippen LogP contribution in [0, 0.1) is 0 Å². The van der Waals surface area contributed by atoms with E-state index < -0.39 is 11.9 Å². The number of nitrogens with zero attached hydrogens (tertiary/aromatic N) is 2. The minimum Gasteiger partial charge on any atom is -0.338 e. The molecule has 0 radical (unpaired) electrons. The highest BCUT2D eigenvalue weighted by atomic mass is 32.2. The van der Waals surface area contributed by atoms with Crippen LogP contribution in [-0.4, -0.2) is 33.8 Å². The fourth-order valence-corrected chi connectivity index (χ4v) is 6.45. The predicted molar refractivity (Wildman–Crippen MR) is 116 cm³/mol. The van der Waals surface area contributed by atoms with Crippen LogP contribution in [0.1, 0.15) is 61.9 Å². The summed E-state index contributed by atoms with van der Waals surface area (Å²) in [5, 5.41) is 6.25. The number of aryl methyl sites for hydroxylation is 2. The lowest BCUT2D eigenvalue weighted by Crippen LogP contribution is -2.40. The van der Waals surface area contributed by atoms with Gasteiger partial charge in [0.15, 0.2) is 5.16 Å². The molecule has 0 unspecified atom stereocenters. The van der Waals surface area contributed by atoms with Gasteiger partial charge in [0.25, 0.3) is 5.56 Å². The Balaban J connectivity index is 1.66. The number of rotatable bonds is 5. The monoisotopic (exact) mass is 434 g/mol. The Kier molecular flexibility index (Phi) is 6.24. The van der Waals surface area contributed by atoms with Crippen molar-refractivity contribution in [3.8, 4) is 0 Å². The number of hydrogen-bond donors (Lipinski definition) is 2. The van der Waals surface area contributed by atoms with E-state index in [0.29, 0.717) is 11.7 Å². The third-order valence-electron chi connectivity index (χ3n) is 5.60. The first kappa shape index (κ1) is 20.4. The average Bonchev–Trinajstić information content (AvgIpc) is 3.34. The van der Waals surface area contributed by atoms with Crippen molar-refractivity contribution in [2.75, 3.05) is 12.3 Å². The molecule has 0 bridgehead atoms. The van der Waals surface area contributed by atoms with E-state index in [-0.39, 0.29) is 17.4 Å². The number of aromatic nitrogens is 2. The van der Waals surface area contributed by atoms with E-state index in [1.807, 2.05) is 4.57 Å². The number of thioether (sulfide) groups is 1. The lowest BCUT2D eigenvalue weighted by molar-refractivity contribution is -0.117. The van der Waals surface area contributed by atoms with Crippen LogP contribution in [0.5, 0.6) is 0 Å². The quantitative estimate of drug-likeness (QED) is 0.556. The van der Waals surface area contributed by atoms with Gasteiger partial charge < -0.3 is 5.32 Å². The topological polar surface area (TPSA) is 93.1 Å². The number of carbonyl (C=O) groups is 2. The maximum absolute atomic E-state index is 13.5. The van der Waals surface area contributed by atoms with E-state index in [4.69, 9.17) is 4.98 Å². The molecule has 2 N–H and O–H groups in total. The first-order chi connectivity index (χ1) is 14.1. The Morgan fingerprint density at radius 3 is 2.72 bits per heavy atom. The Morgan fingerprint density at radius 1 is 1.21 bits per heavy atom. The van der Waals surface area contributed by atoms with Crippen LogP contribution in [0.2, 0.25) is 0 Å². The third kappa shape index (κ3) is 4.21. The number of hydrogen-bond acceptors (Lipinski definition) is 6. The minimum atomic E-state index is -0.499. The van der Waals surface area contributed by atoms with Crippen molar-refractivity contribution in [2.45, 2.75) is 69.5 Å². The van der Waals surface area contributed by atoms with Crippen LogP contribution in [-0.2, 0) is 17.6 Å².